The first kappa shape index (κ1) is 32.1. The molecule has 1 aliphatic rings. The van der Waals surface area contributed by atoms with Crippen LogP contribution in [0.4, 0.5) is 0 Å². The number of benzene rings is 6. The lowest BCUT2D eigenvalue weighted by molar-refractivity contribution is 0.464. The Kier molecular flexibility index (Phi) is 8.16. The highest BCUT2D eigenvalue weighted by molar-refractivity contribution is 7.80. The highest BCUT2D eigenvalue weighted by Crippen LogP contribution is 2.42. The maximum atomic E-state index is 11.5. The summed E-state index contributed by atoms with van der Waals surface area (Å²) in [7, 11) is 6.78. The van der Waals surface area contributed by atoms with Gasteiger partial charge in [0.05, 0.1) is 0 Å². The Labute approximate surface area is 291 Å². The third-order valence-electron chi connectivity index (χ3n) is 11.1. The van der Waals surface area contributed by atoms with Crippen molar-refractivity contribution in [1.82, 2.24) is 0 Å². The van der Waals surface area contributed by atoms with Crippen molar-refractivity contribution in [3.63, 3.8) is 0 Å². The average Bonchev–Trinajstić information content (AvgIpc) is 3.11. The normalized spacial score (nSPS) is 12.5. The van der Waals surface area contributed by atoms with E-state index in [4.69, 9.17) is 20.5 Å². The molecule has 6 aromatic rings. The number of phenolic OH excluding ortho intramolecular Hbond substituents is 1. The second-order valence-electron chi connectivity index (χ2n) is 13.5. The quantitative estimate of drug-likeness (QED) is 0.145. The zero-order valence-corrected chi connectivity index (χ0v) is 29.9. The molecule has 1 nitrogen and oxygen atoms in total. The van der Waals surface area contributed by atoms with Gasteiger partial charge in [0.25, 0.3) is 0 Å². The first-order valence-corrected chi connectivity index (χ1v) is 17.3. The zero-order valence-electron chi connectivity index (χ0n) is 29.0. The SMILES string of the molecule is [B]c1c(C)c(C)c(S)c(O)c1-c1ccc2c(-c3cccc(-c4ccccc4)c3)c3c(c(-c4c(C)c(C)c(C)c(C)c4C)c2c1)=CCCC=3. The molecule has 1 N–H and O–H groups in total. The summed E-state index contributed by atoms with van der Waals surface area (Å²) in [6.07, 6.45) is 6.88. The van der Waals surface area contributed by atoms with Crippen molar-refractivity contribution in [2.45, 2.75) is 66.2 Å². The van der Waals surface area contributed by atoms with Crippen molar-refractivity contribution in [2.24, 2.45) is 0 Å². The molecule has 2 radical (unpaired) electrons. The molecule has 1 aliphatic carbocycles. The van der Waals surface area contributed by atoms with Crippen molar-refractivity contribution >= 4 is 48.9 Å². The Balaban J connectivity index is 1.67. The molecular weight excluding hydrogens is 599 g/mol. The van der Waals surface area contributed by atoms with E-state index < -0.39 is 0 Å². The summed E-state index contributed by atoms with van der Waals surface area (Å²) in [5.74, 6) is 0.128. The number of hydrogen-bond donors (Lipinski definition) is 2. The van der Waals surface area contributed by atoms with Gasteiger partial charge in [-0.25, -0.2) is 0 Å². The molecule has 0 saturated heterocycles. The van der Waals surface area contributed by atoms with Crippen LogP contribution in [-0.4, -0.2) is 13.0 Å². The van der Waals surface area contributed by atoms with Crippen molar-refractivity contribution < 1.29 is 5.11 Å². The molecule has 0 spiro atoms. The fourth-order valence-electron chi connectivity index (χ4n) is 7.79. The maximum absolute atomic E-state index is 11.5. The van der Waals surface area contributed by atoms with Gasteiger partial charge in [0.1, 0.15) is 13.6 Å². The van der Waals surface area contributed by atoms with Crippen molar-refractivity contribution in [1.29, 1.82) is 0 Å². The third kappa shape index (κ3) is 4.94. The summed E-state index contributed by atoms with van der Waals surface area (Å²) in [4.78, 5) is 0.570. The first-order valence-electron chi connectivity index (χ1n) is 16.8. The molecule has 0 saturated carbocycles. The van der Waals surface area contributed by atoms with Crippen molar-refractivity contribution in [2.75, 3.05) is 0 Å². The molecule has 236 valence electrons. The van der Waals surface area contributed by atoms with Gasteiger partial charge in [0.2, 0.25) is 0 Å². The molecule has 0 atom stereocenters. The summed E-state index contributed by atoms with van der Waals surface area (Å²) in [6.45, 7) is 15.3. The van der Waals surface area contributed by atoms with Gasteiger partial charge in [-0.05, 0) is 167 Å². The van der Waals surface area contributed by atoms with E-state index in [-0.39, 0.29) is 5.75 Å². The monoisotopic (exact) mass is 640 g/mol. The van der Waals surface area contributed by atoms with Crippen LogP contribution in [0.5, 0.6) is 5.75 Å². The van der Waals surface area contributed by atoms with Crippen LogP contribution in [0.15, 0.2) is 77.7 Å². The van der Waals surface area contributed by atoms with E-state index >= 15 is 0 Å². The van der Waals surface area contributed by atoms with Gasteiger partial charge in [0.15, 0.2) is 0 Å². The molecule has 0 heterocycles. The smallest absolute Gasteiger partial charge is 0.136 e. The predicted molar refractivity (Wildman–Crippen MR) is 211 cm³/mol. The van der Waals surface area contributed by atoms with E-state index in [1.807, 2.05) is 13.8 Å². The highest BCUT2D eigenvalue weighted by Gasteiger charge is 2.23. The Bertz CT molecular complexity index is 2380. The molecule has 0 bridgehead atoms. The van der Waals surface area contributed by atoms with Gasteiger partial charge in [0, 0.05) is 10.5 Å². The molecule has 0 aliphatic heterocycles. The average molecular weight is 641 g/mol. The second-order valence-corrected chi connectivity index (χ2v) is 14.0. The summed E-state index contributed by atoms with van der Waals surface area (Å²) < 4.78 is 0. The van der Waals surface area contributed by atoms with E-state index in [1.54, 1.807) is 0 Å². The fraction of sp³-hybridized carbons (Fsp3) is 0.200. The number of rotatable bonds is 4. The molecular formula is C45H41BOS. The Morgan fingerprint density at radius 2 is 1.06 bits per heavy atom. The molecule has 0 amide bonds. The topological polar surface area (TPSA) is 20.2 Å². The predicted octanol–water partition coefficient (Wildman–Crippen LogP) is 9.81. The van der Waals surface area contributed by atoms with E-state index in [0.29, 0.717) is 15.9 Å². The minimum absolute atomic E-state index is 0.128. The van der Waals surface area contributed by atoms with Gasteiger partial charge in [-0.2, -0.15) is 0 Å². The number of hydrogen-bond acceptors (Lipinski definition) is 2. The second kappa shape index (κ2) is 12.2. The van der Waals surface area contributed by atoms with E-state index in [0.717, 1.165) is 34.9 Å². The van der Waals surface area contributed by atoms with Crippen LogP contribution in [0.3, 0.4) is 0 Å². The Morgan fingerprint density at radius 3 is 1.73 bits per heavy atom. The molecule has 6 aromatic carbocycles. The van der Waals surface area contributed by atoms with Crippen LogP contribution >= 0.6 is 12.6 Å². The Morgan fingerprint density at radius 1 is 0.500 bits per heavy atom. The van der Waals surface area contributed by atoms with Crippen molar-refractivity contribution in [3.05, 3.63) is 122 Å². The van der Waals surface area contributed by atoms with Gasteiger partial charge in [-0.15, -0.1) is 12.6 Å². The highest BCUT2D eigenvalue weighted by atomic mass is 32.1. The van der Waals surface area contributed by atoms with Crippen LogP contribution in [0.25, 0.3) is 67.4 Å². The lowest BCUT2D eigenvalue weighted by Gasteiger charge is -2.24. The van der Waals surface area contributed by atoms with Gasteiger partial charge in [-0.1, -0.05) is 83.8 Å². The zero-order chi connectivity index (χ0) is 34.0. The van der Waals surface area contributed by atoms with Crippen LogP contribution in [0, 0.1) is 48.5 Å². The minimum Gasteiger partial charge on any atom is -0.506 e. The van der Waals surface area contributed by atoms with E-state index in [9.17, 15) is 5.11 Å². The molecule has 0 aromatic heterocycles. The van der Waals surface area contributed by atoms with Crippen LogP contribution in [0.2, 0.25) is 0 Å². The number of fused-ring (bicyclic) bond motifs is 2. The summed E-state index contributed by atoms with van der Waals surface area (Å²) in [5, 5.41) is 16.4. The maximum Gasteiger partial charge on any atom is 0.136 e. The first-order chi connectivity index (χ1) is 23.0. The number of thiol groups is 1. The van der Waals surface area contributed by atoms with E-state index in [1.165, 1.54) is 77.0 Å². The molecule has 0 fully saturated rings. The third-order valence-corrected chi connectivity index (χ3v) is 11.6. The van der Waals surface area contributed by atoms with Gasteiger partial charge >= 0.3 is 0 Å². The minimum atomic E-state index is 0.128. The Hall–Kier alpha value is -4.47. The molecule has 0 unspecified atom stereocenters. The van der Waals surface area contributed by atoms with E-state index in [2.05, 4.69) is 120 Å². The fourth-order valence-corrected chi connectivity index (χ4v) is 8.07. The molecule has 48 heavy (non-hydrogen) atoms. The standard InChI is InChI=1S/C45H41BOS/c1-24-25(2)27(4)39(28(5)26(24)3)42-36-19-12-11-18-35(36)40(33-17-13-16-32(22-33)31-14-9-8-10-15-31)37-21-20-34(23-38(37)42)41-43(46)29(6)30(7)45(48)44(41)47/h8-10,13-23,47-48H,11-12H2,1-7H3. The van der Waals surface area contributed by atoms with Gasteiger partial charge in [-0.3, -0.25) is 0 Å². The van der Waals surface area contributed by atoms with Gasteiger partial charge < -0.3 is 5.11 Å². The lowest BCUT2D eigenvalue weighted by Crippen LogP contribution is -2.32. The van der Waals surface area contributed by atoms with Crippen LogP contribution in [0.1, 0.15) is 51.8 Å². The largest absolute Gasteiger partial charge is 0.506 e. The number of aromatic hydroxyl groups is 1. The summed E-state index contributed by atoms with van der Waals surface area (Å²) >= 11 is 4.71. The molecule has 3 heteroatoms. The summed E-state index contributed by atoms with van der Waals surface area (Å²) in [5.41, 5.74) is 18.0. The number of phenols is 1. The van der Waals surface area contributed by atoms with Crippen molar-refractivity contribution in [3.8, 4) is 50.3 Å². The summed E-state index contributed by atoms with van der Waals surface area (Å²) in [6, 6.07) is 26.2. The van der Waals surface area contributed by atoms with Crippen LogP contribution in [-0.2, 0) is 0 Å². The lowest BCUT2D eigenvalue weighted by atomic mass is 9.78. The van der Waals surface area contributed by atoms with Crippen LogP contribution < -0.4 is 15.9 Å². The molecule has 7 rings (SSSR count).